The van der Waals surface area contributed by atoms with Gasteiger partial charge in [0, 0.05) is 12.6 Å². The van der Waals surface area contributed by atoms with E-state index in [9.17, 15) is 13.2 Å². The van der Waals surface area contributed by atoms with Crippen molar-refractivity contribution in [3.8, 4) is 0 Å². The van der Waals surface area contributed by atoms with E-state index >= 15 is 0 Å². The molecule has 1 atom stereocenters. The van der Waals surface area contributed by atoms with Crippen LogP contribution >= 0.6 is 11.3 Å². The van der Waals surface area contributed by atoms with Gasteiger partial charge in [-0.15, -0.1) is 11.3 Å². The van der Waals surface area contributed by atoms with Gasteiger partial charge in [0.25, 0.3) is 15.9 Å². The number of rotatable bonds is 7. The fraction of sp³-hybridized carbons (Fsp3) is 0.115. The maximum atomic E-state index is 13.1. The summed E-state index contributed by atoms with van der Waals surface area (Å²) in [5.74, 6) is -0.236. The van der Waals surface area contributed by atoms with Gasteiger partial charge in [0.2, 0.25) is 0 Å². The minimum atomic E-state index is -3.63. The van der Waals surface area contributed by atoms with Gasteiger partial charge < -0.3 is 5.32 Å². The summed E-state index contributed by atoms with van der Waals surface area (Å²) in [6.07, 6.45) is 0. The smallest absolute Gasteiger partial charge is 0.273 e. The van der Waals surface area contributed by atoms with Crippen LogP contribution in [0.2, 0.25) is 0 Å². The minimum Gasteiger partial charge on any atom is -0.341 e. The zero-order chi connectivity index (χ0) is 23.4. The van der Waals surface area contributed by atoms with Crippen LogP contribution < -0.4 is 9.62 Å². The van der Waals surface area contributed by atoms with Crippen molar-refractivity contribution in [2.24, 2.45) is 0 Å². The molecule has 0 aliphatic rings. The number of benzene rings is 3. The SMILES string of the molecule is Cc1ccc([C@H](NC(=O)c2ccc(N(C)S(=O)(=O)c3cccs3)cc2)c2ccccc2)cc1. The first-order chi connectivity index (χ1) is 15.9. The highest BCUT2D eigenvalue weighted by Crippen LogP contribution is 2.26. The van der Waals surface area contributed by atoms with Crippen LogP contribution in [-0.4, -0.2) is 21.4 Å². The molecule has 4 rings (SSSR count). The van der Waals surface area contributed by atoms with Crippen molar-refractivity contribution in [1.29, 1.82) is 0 Å². The van der Waals surface area contributed by atoms with Crippen LogP contribution in [-0.2, 0) is 10.0 Å². The predicted molar refractivity (Wildman–Crippen MR) is 133 cm³/mol. The first-order valence-electron chi connectivity index (χ1n) is 10.4. The molecule has 7 heteroatoms. The standard InChI is InChI=1S/C26H24N2O3S2/c1-19-10-12-21(13-11-19)25(20-7-4-3-5-8-20)27-26(29)22-14-16-23(17-15-22)28(2)33(30,31)24-9-6-18-32-24/h3-18,25H,1-2H3,(H,27,29)/t25-/m1/s1. The third-order valence-electron chi connectivity index (χ3n) is 5.42. The lowest BCUT2D eigenvalue weighted by Gasteiger charge is -2.21. The summed E-state index contributed by atoms with van der Waals surface area (Å²) in [5, 5.41) is 4.85. The normalized spacial score (nSPS) is 12.2. The molecule has 5 nitrogen and oxygen atoms in total. The summed E-state index contributed by atoms with van der Waals surface area (Å²) in [6, 6.07) is 27.4. The van der Waals surface area contributed by atoms with Gasteiger partial charge >= 0.3 is 0 Å². The Balaban J connectivity index is 1.56. The van der Waals surface area contributed by atoms with Gasteiger partial charge in [-0.25, -0.2) is 8.42 Å². The Bertz CT molecular complexity index is 1320. The second-order valence-electron chi connectivity index (χ2n) is 7.68. The fourth-order valence-electron chi connectivity index (χ4n) is 3.48. The summed E-state index contributed by atoms with van der Waals surface area (Å²) in [6.45, 7) is 2.02. The molecule has 0 saturated heterocycles. The van der Waals surface area contributed by atoms with Crippen molar-refractivity contribution in [2.75, 3.05) is 11.4 Å². The van der Waals surface area contributed by atoms with E-state index in [0.717, 1.165) is 16.7 Å². The van der Waals surface area contributed by atoms with E-state index in [-0.39, 0.29) is 16.2 Å². The number of amides is 1. The number of nitrogens with one attached hydrogen (secondary N) is 1. The number of carbonyl (C=O) groups excluding carboxylic acids is 1. The van der Waals surface area contributed by atoms with Crippen molar-refractivity contribution >= 4 is 33.0 Å². The topological polar surface area (TPSA) is 66.5 Å². The van der Waals surface area contributed by atoms with Gasteiger partial charge in [0.05, 0.1) is 11.7 Å². The molecule has 33 heavy (non-hydrogen) atoms. The molecule has 0 fully saturated rings. The van der Waals surface area contributed by atoms with Crippen LogP contribution in [0.25, 0.3) is 0 Å². The number of thiophene rings is 1. The Morgan fingerprint density at radius 3 is 2.09 bits per heavy atom. The Labute approximate surface area is 198 Å². The number of carbonyl (C=O) groups is 1. The van der Waals surface area contributed by atoms with Crippen molar-refractivity contribution < 1.29 is 13.2 Å². The molecule has 0 saturated carbocycles. The number of hydrogen-bond acceptors (Lipinski definition) is 4. The monoisotopic (exact) mass is 476 g/mol. The third kappa shape index (κ3) is 4.99. The number of aryl methyl sites for hydroxylation is 1. The van der Waals surface area contributed by atoms with E-state index in [1.54, 1.807) is 41.8 Å². The number of anilines is 1. The Morgan fingerprint density at radius 2 is 1.48 bits per heavy atom. The minimum absolute atomic E-state index is 0.236. The van der Waals surface area contributed by atoms with Crippen LogP contribution in [0, 0.1) is 6.92 Å². The van der Waals surface area contributed by atoms with Gasteiger partial charge in [-0.1, -0.05) is 66.2 Å². The van der Waals surface area contributed by atoms with Crippen LogP contribution in [0.15, 0.2) is 101 Å². The fourth-order valence-corrected chi connectivity index (χ4v) is 5.84. The highest BCUT2D eigenvalue weighted by molar-refractivity contribution is 7.94. The largest absolute Gasteiger partial charge is 0.341 e. The average Bonchev–Trinajstić information content (AvgIpc) is 3.39. The quantitative estimate of drug-likeness (QED) is 0.388. The number of nitrogens with zero attached hydrogens (tertiary/aromatic N) is 1. The van der Waals surface area contributed by atoms with Crippen LogP contribution in [0.3, 0.4) is 0 Å². The van der Waals surface area contributed by atoms with E-state index in [1.807, 2.05) is 61.5 Å². The lowest BCUT2D eigenvalue weighted by atomic mass is 9.97. The summed E-state index contributed by atoms with van der Waals surface area (Å²) >= 11 is 1.17. The van der Waals surface area contributed by atoms with Gasteiger partial charge in [0.1, 0.15) is 4.21 Å². The summed E-state index contributed by atoms with van der Waals surface area (Å²) in [7, 11) is -2.12. The van der Waals surface area contributed by atoms with Gasteiger partial charge in [-0.2, -0.15) is 0 Å². The summed E-state index contributed by atoms with van der Waals surface area (Å²) < 4.78 is 27.0. The van der Waals surface area contributed by atoms with Crippen molar-refractivity contribution in [2.45, 2.75) is 17.2 Å². The van der Waals surface area contributed by atoms with Crippen LogP contribution in [0.4, 0.5) is 5.69 Å². The molecular formula is C26H24N2O3S2. The molecule has 1 amide bonds. The summed E-state index contributed by atoms with van der Waals surface area (Å²) in [5.41, 5.74) is 4.05. The number of hydrogen-bond donors (Lipinski definition) is 1. The van der Waals surface area contributed by atoms with E-state index in [0.29, 0.717) is 11.3 Å². The maximum absolute atomic E-state index is 13.1. The molecule has 1 heterocycles. The second-order valence-corrected chi connectivity index (χ2v) is 10.8. The highest BCUT2D eigenvalue weighted by Gasteiger charge is 2.23. The van der Waals surface area contributed by atoms with Crippen LogP contribution in [0.5, 0.6) is 0 Å². The Morgan fingerprint density at radius 1 is 0.848 bits per heavy atom. The molecule has 0 unspecified atom stereocenters. The van der Waals surface area contributed by atoms with E-state index in [4.69, 9.17) is 0 Å². The van der Waals surface area contributed by atoms with Crippen LogP contribution in [0.1, 0.15) is 33.1 Å². The lowest BCUT2D eigenvalue weighted by molar-refractivity contribution is 0.0943. The van der Waals surface area contributed by atoms with Gasteiger partial charge in [0.15, 0.2) is 0 Å². The molecule has 0 radical (unpaired) electrons. The van der Waals surface area contributed by atoms with E-state index in [2.05, 4.69) is 5.32 Å². The Hall–Kier alpha value is -3.42. The lowest BCUT2D eigenvalue weighted by Crippen LogP contribution is -2.29. The van der Waals surface area contributed by atoms with Crippen molar-refractivity contribution in [1.82, 2.24) is 5.32 Å². The van der Waals surface area contributed by atoms with Crippen molar-refractivity contribution in [3.05, 3.63) is 119 Å². The molecule has 1 N–H and O–H groups in total. The van der Waals surface area contributed by atoms with E-state index in [1.165, 1.54) is 22.7 Å². The van der Waals surface area contributed by atoms with Gasteiger partial charge in [-0.3, -0.25) is 9.10 Å². The first kappa shape index (κ1) is 22.8. The maximum Gasteiger partial charge on any atom is 0.273 e. The molecule has 0 spiro atoms. The predicted octanol–water partition coefficient (Wildman–Crippen LogP) is 5.40. The molecule has 168 valence electrons. The molecule has 0 bridgehead atoms. The first-order valence-corrected chi connectivity index (χ1v) is 12.7. The molecular weight excluding hydrogens is 452 g/mol. The van der Waals surface area contributed by atoms with E-state index < -0.39 is 10.0 Å². The highest BCUT2D eigenvalue weighted by atomic mass is 32.2. The zero-order valence-electron chi connectivity index (χ0n) is 18.3. The Kier molecular flexibility index (Phi) is 6.62. The summed E-state index contributed by atoms with van der Waals surface area (Å²) in [4.78, 5) is 13.1. The molecule has 0 aliphatic heterocycles. The zero-order valence-corrected chi connectivity index (χ0v) is 19.9. The molecule has 0 aliphatic carbocycles. The van der Waals surface area contributed by atoms with Crippen molar-refractivity contribution in [3.63, 3.8) is 0 Å². The average molecular weight is 477 g/mol. The second kappa shape index (κ2) is 9.60. The molecule has 1 aromatic heterocycles. The molecule has 3 aromatic carbocycles. The van der Waals surface area contributed by atoms with Gasteiger partial charge in [-0.05, 0) is 53.8 Å². The molecule has 4 aromatic rings. The number of sulfonamides is 1. The third-order valence-corrected chi connectivity index (χ3v) is 8.58.